The molecule has 0 radical (unpaired) electrons. The van der Waals surface area contributed by atoms with Gasteiger partial charge in [-0.2, -0.15) is 5.10 Å². The van der Waals surface area contributed by atoms with Gasteiger partial charge in [0.2, 0.25) is 0 Å². The lowest BCUT2D eigenvalue weighted by Crippen LogP contribution is -2.37. The number of hydrogen-bond donors (Lipinski definition) is 1. The number of nitrogens with one attached hydrogen (secondary N) is 1. The predicted molar refractivity (Wildman–Crippen MR) is 58.2 cm³/mol. The fourth-order valence-corrected chi connectivity index (χ4v) is 1.28. The summed E-state index contributed by atoms with van der Waals surface area (Å²) in [6.45, 7) is 0. The zero-order chi connectivity index (χ0) is 13.7. The van der Waals surface area contributed by atoms with Crippen LogP contribution in [-0.4, -0.2) is 44.9 Å². The van der Waals surface area contributed by atoms with Gasteiger partial charge in [-0.3, -0.25) is 10.2 Å². The highest BCUT2D eigenvalue weighted by molar-refractivity contribution is 6.41. The van der Waals surface area contributed by atoms with E-state index >= 15 is 0 Å². The summed E-state index contributed by atoms with van der Waals surface area (Å²) in [5.74, 6) is -3.35. The standard InChI is InChI=1S/C10H12N2O6/c1-16-8(13)5-4-6(9(14)17-2)11-12-7(5)10(15)18-3/h4-5,11H,1-3H3. The van der Waals surface area contributed by atoms with Crippen LogP contribution in [0.1, 0.15) is 0 Å². The molecule has 8 heteroatoms. The van der Waals surface area contributed by atoms with Crippen molar-refractivity contribution in [2.24, 2.45) is 11.0 Å². The molecular weight excluding hydrogens is 244 g/mol. The van der Waals surface area contributed by atoms with E-state index in [0.29, 0.717) is 0 Å². The first kappa shape index (κ1) is 13.7. The Morgan fingerprint density at radius 1 is 1.11 bits per heavy atom. The number of nitrogens with zero attached hydrogens (tertiary/aromatic N) is 1. The first-order valence-corrected chi connectivity index (χ1v) is 4.85. The van der Waals surface area contributed by atoms with Crippen LogP contribution in [-0.2, 0) is 28.6 Å². The molecule has 1 atom stereocenters. The van der Waals surface area contributed by atoms with Gasteiger partial charge in [0.25, 0.3) is 0 Å². The molecule has 0 saturated carbocycles. The Balaban J connectivity index is 3.05. The third kappa shape index (κ3) is 2.65. The summed E-state index contributed by atoms with van der Waals surface area (Å²) >= 11 is 0. The van der Waals surface area contributed by atoms with Gasteiger partial charge in [0.15, 0.2) is 5.71 Å². The molecule has 0 amide bonds. The summed E-state index contributed by atoms with van der Waals surface area (Å²) in [5.41, 5.74) is 2.06. The Labute approximate surface area is 103 Å². The summed E-state index contributed by atoms with van der Waals surface area (Å²) in [4.78, 5) is 34.2. The molecule has 0 spiro atoms. The van der Waals surface area contributed by atoms with Crippen molar-refractivity contribution in [3.05, 3.63) is 11.8 Å². The van der Waals surface area contributed by atoms with Crippen LogP contribution in [0.2, 0.25) is 0 Å². The third-order valence-electron chi connectivity index (χ3n) is 2.18. The lowest BCUT2D eigenvalue weighted by Gasteiger charge is -2.18. The van der Waals surface area contributed by atoms with Gasteiger partial charge < -0.3 is 14.2 Å². The molecule has 0 saturated heterocycles. The van der Waals surface area contributed by atoms with E-state index in [2.05, 4.69) is 24.7 Å². The van der Waals surface area contributed by atoms with Crippen LogP contribution in [0.15, 0.2) is 16.9 Å². The summed E-state index contributed by atoms with van der Waals surface area (Å²) in [6, 6.07) is 0. The largest absolute Gasteiger partial charge is 0.468 e. The van der Waals surface area contributed by atoms with Crippen molar-refractivity contribution in [2.45, 2.75) is 0 Å². The molecule has 18 heavy (non-hydrogen) atoms. The fourth-order valence-electron chi connectivity index (χ4n) is 1.28. The molecular formula is C10H12N2O6. The molecule has 0 fully saturated rings. The maximum atomic E-state index is 11.5. The Morgan fingerprint density at radius 3 is 2.22 bits per heavy atom. The van der Waals surface area contributed by atoms with Crippen molar-refractivity contribution in [1.82, 2.24) is 5.43 Å². The average molecular weight is 256 g/mol. The summed E-state index contributed by atoms with van der Waals surface area (Å²) in [5, 5.41) is 3.62. The lowest BCUT2D eigenvalue weighted by atomic mass is 10.0. The minimum atomic E-state index is -1.11. The van der Waals surface area contributed by atoms with Crippen molar-refractivity contribution in [3.8, 4) is 0 Å². The number of carbonyl (C=O) groups excluding carboxylic acids is 3. The zero-order valence-corrected chi connectivity index (χ0v) is 10.1. The quantitative estimate of drug-likeness (QED) is 0.508. The van der Waals surface area contributed by atoms with Crippen molar-refractivity contribution >= 4 is 23.6 Å². The van der Waals surface area contributed by atoms with E-state index in [-0.39, 0.29) is 11.4 Å². The predicted octanol–water partition coefficient (Wildman–Crippen LogP) is -1.04. The first-order valence-electron chi connectivity index (χ1n) is 4.85. The van der Waals surface area contributed by atoms with Gasteiger partial charge in [-0.15, -0.1) is 0 Å². The molecule has 1 heterocycles. The van der Waals surface area contributed by atoms with Crippen LogP contribution < -0.4 is 5.43 Å². The summed E-state index contributed by atoms with van der Waals surface area (Å²) < 4.78 is 13.5. The normalized spacial score (nSPS) is 17.8. The topological polar surface area (TPSA) is 103 Å². The Bertz CT molecular complexity index is 440. The molecule has 1 unspecified atom stereocenters. The smallest absolute Gasteiger partial charge is 0.355 e. The van der Waals surface area contributed by atoms with Gasteiger partial charge >= 0.3 is 17.9 Å². The van der Waals surface area contributed by atoms with Crippen molar-refractivity contribution in [3.63, 3.8) is 0 Å². The number of ether oxygens (including phenoxy) is 3. The number of carbonyl (C=O) groups is 3. The van der Waals surface area contributed by atoms with Crippen LogP contribution in [0.4, 0.5) is 0 Å². The molecule has 0 aliphatic carbocycles. The number of hydrazone groups is 1. The van der Waals surface area contributed by atoms with Gasteiger partial charge in [-0.05, 0) is 6.08 Å². The molecule has 8 nitrogen and oxygen atoms in total. The maximum absolute atomic E-state index is 11.5. The van der Waals surface area contributed by atoms with Crippen LogP contribution in [0.25, 0.3) is 0 Å². The van der Waals surface area contributed by atoms with E-state index in [1.165, 1.54) is 13.2 Å². The number of rotatable bonds is 3. The van der Waals surface area contributed by atoms with Gasteiger partial charge in [-0.1, -0.05) is 0 Å². The zero-order valence-electron chi connectivity index (χ0n) is 10.1. The van der Waals surface area contributed by atoms with Crippen LogP contribution in [0.5, 0.6) is 0 Å². The summed E-state index contributed by atoms with van der Waals surface area (Å²) in [6.07, 6.45) is 1.19. The minimum Gasteiger partial charge on any atom is -0.468 e. The van der Waals surface area contributed by atoms with E-state index in [9.17, 15) is 14.4 Å². The van der Waals surface area contributed by atoms with E-state index in [1.54, 1.807) is 0 Å². The highest BCUT2D eigenvalue weighted by Gasteiger charge is 2.34. The second-order valence-corrected chi connectivity index (χ2v) is 3.17. The van der Waals surface area contributed by atoms with Crippen LogP contribution >= 0.6 is 0 Å². The molecule has 1 aliphatic heterocycles. The molecule has 0 aromatic rings. The minimum absolute atomic E-state index is 0.0550. The monoisotopic (exact) mass is 256 g/mol. The third-order valence-corrected chi connectivity index (χ3v) is 2.18. The molecule has 0 bridgehead atoms. The van der Waals surface area contributed by atoms with E-state index in [4.69, 9.17) is 0 Å². The molecule has 0 aromatic heterocycles. The van der Waals surface area contributed by atoms with Crippen molar-refractivity contribution in [1.29, 1.82) is 0 Å². The highest BCUT2D eigenvalue weighted by atomic mass is 16.5. The van der Waals surface area contributed by atoms with E-state index in [0.717, 1.165) is 14.2 Å². The van der Waals surface area contributed by atoms with E-state index in [1.807, 2.05) is 0 Å². The maximum Gasteiger partial charge on any atom is 0.355 e. The van der Waals surface area contributed by atoms with E-state index < -0.39 is 23.8 Å². The lowest BCUT2D eigenvalue weighted by molar-refractivity contribution is -0.143. The van der Waals surface area contributed by atoms with Crippen molar-refractivity contribution < 1.29 is 28.6 Å². The first-order chi connectivity index (χ1) is 8.54. The van der Waals surface area contributed by atoms with Crippen molar-refractivity contribution in [2.75, 3.05) is 21.3 Å². The second kappa shape index (κ2) is 5.80. The average Bonchev–Trinajstić information content (AvgIpc) is 2.43. The summed E-state index contributed by atoms with van der Waals surface area (Å²) in [7, 11) is 3.49. The SMILES string of the molecule is COC(=O)C1=CC(C(=O)OC)C(C(=O)OC)=NN1. The van der Waals surface area contributed by atoms with Gasteiger partial charge in [0.1, 0.15) is 11.6 Å². The molecule has 1 rings (SSSR count). The second-order valence-electron chi connectivity index (χ2n) is 3.17. The molecule has 1 aliphatic rings. The highest BCUT2D eigenvalue weighted by Crippen LogP contribution is 2.14. The number of hydrogen-bond acceptors (Lipinski definition) is 8. The van der Waals surface area contributed by atoms with Gasteiger partial charge in [0.05, 0.1) is 21.3 Å². The Morgan fingerprint density at radius 2 is 1.72 bits per heavy atom. The number of esters is 3. The molecule has 1 N–H and O–H groups in total. The molecule has 98 valence electrons. The van der Waals surface area contributed by atoms with Crippen LogP contribution in [0.3, 0.4) is 0 Å². The Kier molecular flexibility index (Phi) is 4.41. The fraction of sp³-hybridized carbons (Fsp3) is 0.400. The van der Waals surface area contributed by atoms with Gasteiger partial charge in [0, 0.05) is 0 Å². The Hall–Kier alpha value is -2.38. The number of methoxy groups -OCH3 is 3. The van der Waals surface area contributed by atoms with Crippen LogP contribution in [0, 0.1) is 5.92 Å². The van der Waals surface area contributed by atoms with Gasteiger partial charge in [-0.25, -0.2) is 9.59 Å². The molecule has 0 aromatic carbocycles.